The molecule has 18 heavy (non-hydrogen) atoms. The first-order valence-electron chi connectivity index (χ1n) is 5.98. The second-order valence-electron chi connectivity index (χ2n) is 6.66. The first kappa shape index (κ1) is 14.8. The predicted molar refractivity (Wildman–Crippen MR) is 69.3 cm³/mol. The van der Waals surface area contributed by atoms with Gasteiger partial charge >= 0.3 is 0 Å². The van der Waals surface area contributed by atoms with Crippen LogP contribution in [0.15, 0.2) is 12.1 Å². The van der Waals surface area contributed by atoms with Gasteiger partial charge in [0, 0.05) is 0 Å². The lowest BCUT2D eigenvalue weighted by atomic mass is 9.79. The quantitative estimate of drug-likeness (QED) is 0.754. The lowest BCUT2D eigenvalue weighted by Crippen LogP contribution is -2.23. The predicted octanol–water partition coefficient (Wildman–Crippen LogP) is 2.94. The molecule has 0 spiro atoms. The lowest BCUT2D eigenvalue weighted by molar-refractivity contribution is -0.271. The maximum Gasteiger partial charge on any atom is 0.0948 e. The molecule has 0 fully saturated rings. The normalized spacial score (nSPS) is 12.7. The molecule has 1 aromatic rings. The van der Waals surface area contributed by atoms with Gasteiger partial charge in [-0.1, -0.05) is 41.5 Å². The minimum atomic E-state index is -0.344. The molecule has 0 heterocycles. The van der Waals surface area contributed by atoms with Crippen LogP contribution < -0.4 is 10.3 Å². The van der Waals surface area contributed by atoms with Crippen LogP contribution in [0, 0.1) is 0 Å². The molecule has 4 nitrogen and oxygen atoms in total. The molecular weight excluding hydrogens is 230 g/mol. The van der Waals surface area contributed by atoms with Crippen molar-refractivity contribution in [3.63, 3.8) is 0 Å². The van der Waals surface area contributed by atoms with Crippen molar-refractivity contribution in [2.24, 2.45) is 0 Å². The minimum Gasteiger partial charge on any atom is -0.872 e. The fourth-order valence-electron chi connectivity index (χ4n) is 1.84. The number of hydrogen-bond donors (Lipinski definition) is 2. The topological polar surface area (TPSA) is 66.8 Å². The van der Waals surface area contributed by atoms with Gasteiger partial charge in [0.1, 0.15) is 0 Å². The van der Waals surface area contributed by atoms with Crippen LogP contribution >= 0.6 is 0 Å². The lowest BCUT2D eigenvalue weighted by Gasteiger charge is -2.34. The molecule has 0 amide bonds. The van der Waals surface area contributed by atoms with E-state index in [4.69, 9.17) is 0 Å². The van der Waals surface area contributed by atoms with E-state index in [0.29, 0.717) is 11.1 Å². The van der Waals surface area contributed by atoms with Crippen molar-refractivity contribution in [2.45, 2.75) is 52.4 Å². The third kappa shape index (κ3) is 2.94. The van der Waals surface area contributed by atoms with Crippen molar-refractivity contribution in [1.29, 1.82) is 0 Å². The average Bonchev–Trinajstić information content (AvgIpc) is 2.13. The smallest absolute Gasteiger partial charge is 0.0948 e. The summed E-state index contributed by atoms with van der Waals surface area (Å²) < 4.78 is 0. The molecule has 0 bridgehead atoms. The summed E-state index contributed by atoms with van der Waals surface area (Å²) in [6.45, 7) is 11.6. The summed E-state index contributed by atoms with van der Waals surface area (Å²) in [6.07, 6.45) is 0. The van der Waals surface area contributed by atoms with Crippen LogP contribution in [-0.4, -0.2) is 10.4 Å². The van der Waals surface area contributed by atoms with E-state index in [9.17, 15) is 15.5 Å². The van der Waals surface area contributed by atoms with E-state index < -0.39 is 0 Å². The summed E-state index contributed by atoms with van der Waals surface area (Å²) in [7, 11) is 0. The Kier molecular flexibility index (Phi) is 3.65. The fourth-order valence-corrected chi connectivity index (χ4v) is 1.84. The van der Waals surface area contributed by atoms with Crippen LogP contribution in [0.4, 0.5) is 5.69 Å². The first-order chi connectivity index (χ1) is 7.94. The third-order valence-electron chi connectivity index (χ3n) is 2.92. The zero-order valence-electron chi connectivity index (χ0n) is 11.9. The van der Waals surface area contributed by atoms with Crippen LogP contribution in [0.3, 0.4) is 0 Å². The Morgan fingerprint density at radius 1 is 0.889 bits per heavy atom. The number of anilines is 1. The Hall–Kier alpha value is -1.26. The van der Waals surface area contributed by atoms with Gasteiger partial charge in [0.2, 0.25) is 0 Å². The molecule has 4 heteroatoms. The van der Waals surface area contributed by atoms with E-state index in [1.807, 2.05) is 41.5 Å². The second-order valence-corrected chi connectivity index (χ2v) is 6.66. The number of hydrogen-bond acceptors (Lipinski definition) is 4. The van der Waals surface area contributed by atoms with Gasteiger partial charge in [-0.2, -0.15) is 0 Å². The number of nitrogens with zero attached hydrogens (tertiary/aromatic N) is 1. The Morgan fingerprint density at radius 3 is 1.44 bits per heavy atom. The average molecular weight is 252 g/mol. The first-order valence-corrected chi connectivity index (χ1v) is 5.98. The highest BCUT2D eigenvalue weighted by atomic mass is 16.8. The Balaban J connectivity index is 3.59. The molecular formula is C14H22NO3-. The van der Waals surface area contributed by atoms with Crippen molar-refractivity contribution < 1.29 is 15.5 Å². The second kappa shape index (κ2) is 4.44. The molecule has 0 unspecified atom stereocenters. The van der Waals surface area contributed by atoms with E-state index in [1.165, 1.54) is 12.1 Å². The van der Waals surface area contributed by atoms with E-state index in [1.54, 1.807) is 0 Å². The van der Waals surface area contributed by atoms with E-state index in [-0.39, 0.29) is 27.5 Å². The van der Waals surface area contributed by atoms with Crippen LogP contribution in [0.5, 0.6) is 5.75 Å². The van der Waals surface area contributed by atoms with Crippen LogP contribution in [0.2, 0.25) is 0 Å². The highest BCUT2D eigenvalue weighted by Crippen LogP contribution is 2.39. The molecule has 0 aliphatic rings. The highest BCUT2D eigenvalue weighted by Gasteiger charge is 2.23. The Bertz CT molecular complexity index is 404. The van der Waals surface area contributed by atoms with Gasteiger partial charge in [-0.3, -0.25) is 10.4 Å². The highest BCUT2D eigenvalue weighted by molar-refractivity contribution is 5.57. The van der Waals surface area contributed by atoms with Crippen molar-refractivity contribution in [3.8, 4) is 5.75 Å². The van der Waals surface area contributed by atoms with Crippen molar-refractivity contribution in [3.05, 3.63) is 23.3 Å². The molecule has 1 rings (SSSR count). The fraction of sp³-hybridized carbons (Fsp3) is 0.571. The van der Waals surface area contributed by atoms with Gasteiger partial charge in [0.05, 0.1) is 5.69 Å². The number of rotatable bonds is 1. The Labute approximate surface area is 108 Å². The van der Waals surface area contributed by atoms with E-state index in [0.717, 1.165) is 0 Å². The van der Waals surface area contributed by atoms with Crippen molar-refractivity contribution in [2.75, 3.05) is 5.23 Å². The summed E-state index contributed by atoms with van der Waals surface area (Å²) in [5.74, 6) is -0.0272. The molecule has 0 atom stereocenters. The van der Waals surface area contributed by atoms with Crippen molar-refractivity contribution in [1.82, 2.24) is 0 Å². The van der Waals surface area contributed by atoms with Gasteiger partial charge < -0.3 is 5.11 Å². The van der Waals surface area contributed by atoms with Crippen molar-refractivity contribution >= 4 is 5.69 Å². The summed E-state index contributed by atoms with van der Waals surface area (Å²) in [4.78, 5) is 0. The molecule has 0 radical (unpaired) electrons. The van der Waals surface area contributed by atoms with Crippen LogP contribution in [0.25, 0.3) is 0 Å². The molecule has 0 saturated carbocycles. The van der Waals surface area contributed by atoms with Crippen LogP contribution in [-0.2, 0) is 10.8 Å². The van der Waals surface area contributed by atoms with Crippen LogP contribution in [0.1, 0.15) is 52.7 Å². The zero-order chi connectivity index (χ0) is 14.3. The van der Waals surface area contributed by atoms with E-state index in [2.05, 4.69) is 0 Å². The van der Waals surface area contributed by atoms with Gasteiger partial charge in [-0.05, 0) is 34.1 Å². The van der Waals surface area contributed by atoms with Gasteiger partial charge in [0.25, 0.3) is 0 Å². The molecule has 0 aliphatic carbocycles. The summed E-state index contributed by atoms with van der Waals surface area (Å²) >= 11 is 0. The molecule has 102 valence electrons. The van der Waals surface area contributed by atoms with E-state index >= 15 is 0 Å². The van der Waals surface area contributed by atoms with Gasteiger partial charge in [-0.15, -0.1) is 11.0 Å². The SMILES string of the molecule is CC(C)(C)c1cc(N(O)O)cc(C(C)(C)C)c1[O-]. The molecule has 0 aliphatic heterocycles. The minimum absolute atomic E-state index is 0.0272. The molecule has 1 aromatic carbocycles. The van der Waals surface area contributed by atoms with Gasteiger partial charge in [-0.25, -0.2) is 0 Å². The number of benzene rings is 1. The molecule has 2 N–H and O–H groups in total. The summed E-state index contributed by atoms with van der Waals surface area (Å²) in [6, 6.07) is 3.05. The maximum atomic E-state index is 12.5. The molecule has 0 aromatic heterocycles. The Morgan fingerprint density at radius 2 is 1.22 bits per heavy atom. The monoisotopic (exact) mass is 252 g/mol. The molecule has 0 saturated heterocycles. The third-order valence-corrected chi connectivity index (χ3v) is 2.92. The summed E-state index contributed by atoms with van der Waals surface area (Å²) in [5, 5.41) is 30.9. The largest absolute Gasteiger partial charge is 0.872 e. The summed E-state index contributed by atoms with van der Waals surface area (Å²) in [5.41, 5.74) is 0.687. The zero-order valence-corrected chi connectivity index (χ0v) is 11.9. The maximum absolute atomic E-state index is 12.5. The standard InChI is InChI=1S/C14H23NO3/c1-13(2,3)10-7-9(15(17)18)8-11(12(10)16)14(4,5)6/h7-8,16-18H,1-6H3/p-1. The van der Waals surface area contributed by atoms with Gasteiger partial charge in [0.15, 0.2) is 0 Å².